The second kappa shape index (κ2) is 8.68. The molecule has 1 amide bonds. The lowest BCUT2D eigenvalue weighted by Gasteiger charge is -2.35. The number of benzene rings is 1. The summed E-state index contributed by atoms with van der Waals surface area (Å²) in [5.41, 5.74) is 1.66. The number of amides is 1. The number of nitrogens with one attached hydrogen (secondary N) is 1. The maximum atomic E-state index is 12.8. The van der Waals surface area contributed by atoms with Crippen LogP contribution >= 0.6 is 0 Å². The first-order valence-corrected chi connectivity index (χ1v) is 9.79. The molecule has 0 aliphatic carbocycles. The summed E-state index contributed by atoms with van der Waals surface area (Å²) in [4.78, 5) is 29.9. The highest BCUT2D eigenvalue weighted by Gasteiger charge is 2.23. The molecule has 7 heteroatoms. The maximum absolute atomic E-state index is 12.8. The molecule has 7 nitrogen and oxygen atoms in total. The Morgan fingerprint density at radius 2 is 1.62 bits per heavy atom. The van der Waals surface area contributed by atoms with E-state index >= 15 is 0 Å². The van der Waals surface area contributed by atoms with Crippen molar-refractivity contribution in [2.75, 3.05) is 36.4 Å². The number of hydrogen-bond acceptors (Lipinski definition) is 6. The molecule has 0 radical (unpaired) electrons. The summed E-state index contributed by atoms with van der Waals surface area (Å²) in [6, 6.07) is 16.1. The number of anilines is 2. The summed E-state index contributed by atoms with van der Waals surface area (Å²) in [5, 5.41) is 3.27. The van der Waals surface area contributed by atoms with Gasteiger partial charge in [0.15, 0.2) is 0 Å². The van der Waals surface area contributed by atoms with Crippen LogP contribution in [0.2, 0.25) is 0 Å². The summed E-state index contributed by atoms with van der Waals surface area (Å²) < 4.78 is 0. The fourth-order valence-electron chi connectivity index (χ4n) is 3.39. The Morgan fingerprint density at radius 1 is 0.931 bits per heavy atom. The van der Waals surface area contributed by atoms with Crippen LogP contribution in [0.4, 0.5) is 11.8 Å². The molecule has 29 heavy (non-hydrogen) atoms. The van der Waals surface area contributed by atoms with Gasteiger partial charge in [-0.15, -0.1) is 0 Å². The third kappa shape index (κ3) is 4.51. The first-order valence-electron chi connectivity index (χ1n) is 9.79. The van der Waals surface area contributed by atoms with Crippen molar-refractivity contribution in [1.29, 1.82) is 0 Å². The van der Waals surface area contributed by atoms with Gasteiger partial charge in [0.2, 0.25) is 5.95 Å². The Kier molecular flexibility index (Phi) is 5.65. The number of carbonyl (C=O) groups is 1. The molecular weight excluding hydrogens is 364 g/mol. The minimum atomic E-state index is -0.0340. The number of aromatic nitrogens is 3. The van der Waals surface area contributed by atoms with E-state index in [9.17, 15) is 4.79 Å². The molecule has 0 saturated carbocycles. The number of hydrogen-bond donors (Lipinski definition) is 1. The van der Waals surface area contributed by atoms with E-state index in [1.165, 1.54) is 0 Å². The third-order valence-electron chi connectivity index (χ3n) is 5.08. The quantitative estimate of drug-likeness (QED) is 0.724. The van der Waals surface area contributed by atoms with E-state index in [0.29, 0.717) is 24.6 Å². The minimum absolute atomic E-state index is 0.0340. The van der Waals surface area contributed by atoms with Gasteiger partial charge in [0.05, 0.1) is 11.6 Å². The van der Waals surface area contributed by atoms with Crippen molar-refractivity contribution in [2.45, 2.75) is 13.0 Å². The molecule has 2 aromatic heterocycles. The number of piperazine rings is 1. The number of rotatable bonds is 5. The Hall–Kier alpha value is -3.48. The topological polar surface area (TPSA) is 74.2 Å². The molecule has 148 valence electrons. The van der Waals surface area contributed by atoms with E-state index in [0.717, 1.165) is 24.5 Å². The zero-order valence-electron chi connectivity index (χ0n) is 16.4. The molecule has 1 aliphatic heterocycles. The second-order valence-corrected chi connectivity index (χ2v) is 7.04. The molecule has 1 fully saturated rings. The average Bonchev–Trinajstić information content (AvgIpc) is 2.80. The van der Waals surface area contributed by atoms with Crippen molar-refractivity contribution in [3.8, 4) is 0 Å². The monoisotopic (exact) mass is 388 g/mol. The third-order valence-corrected chi connectivity index (χ3v) is 5.08. The van der Waals surface area contributed by atoms with E-state index < -0.39 is 0 Å². The van der Waals surface area contributed by atoms with E-state index in [1.54, 1.807) is 18.6 Å². The molecule has 3 heterocycles. The summed E-state index contributed by atoms with van der Waals surface area (Å²) in [6.07, 6.45) is 4.99. The predicted octanol–water partition coefficient (Wildman–Crippen LogP) is 3.01. The lowest BCUT2D eigenvalue weighted by atomic mass is 10.1. The van der Waals surface area contributed by atoms with Gasteiger partial charge < -0.3 is 15.1 Å². The minimum Gasteiger partial charge on any atom is -0.353 e. The SMILES string of the molecule is CC(Nc1ncc(C(=O)N2CCN(c3ccccn3)CC2)cn1)c1ccccc1. The van der Waals surface area contributed by atoms with Gasteiger partial charge in [0, 0.05) is 44.8 Å². The van der Waals surface area contributed by atoms with Gasteiger partial charge in [-0.1, -0.05) is 36.4 Å². The predicted molar refractivity (Wildman–Crippen MR) is 113 cm³/mol. The molecule has 1 unspecified atom stereocenters. The molecule has 1 aromatic carbocycles. The molecule has 1 atom stereocenters. The Morgan fingerprint density at radius 3 is 2.28 bits per heavy atom. The number of nitrogens with zero attached hydrogens (tertiary/aromatic N) is 5. The van der Waals surface area contributed by atoms with E-state index in [4.69, 9.17) is 0 Å². The zero-order chi connectivity index (χ0) is 20.1. The van der Waals surface area contributed by atoms with Crippen LogP contribution in [0.25, 0.3) is 0 Å². The Labute approximate surface area is 170 Å². The van der Waals surface area contributed by atoms with Crippen molar-refractivity contribution in [2.24, 2.45) is 0 Å². The molecule has 1 aliphatic rings. The van der Waals surface area contributed by atoms with Gasteiger partial charge in [-0.25, -0.2) is 15.0 Å². The molecule has 4 rings (SSSR count). The van der Waals surface area contributed by atoms with Gasteiger partial charge >= 0.3 is 0 Å². The smallest absolute Gasteiger partial charge is 0.257 e. The molecule has 3 aromatic rings. The molecule has 0 spiro atoms. The highest BCUT2D eigenvalue weighted by atomic mass is 16.2. The van der Waals surface area contributed by atoms with Crippen LogP contribution in [-0.4, -0.2) is 51.9 Å². The summed E-state index contributed by atoms with van der Waals surface area (Å²) >= 11 is 0. The first kappa shape index (κ1) is 18.9. The van der Waals surface area contributed by atoms with Crippen LogP contribution in [0.5, 0.6) is 0 Å². The Balaban J connectivity index is 1.34. The highest BCUT2D eigenvalue weighted by Crippen LogP contribution is 2.17. The van der Waals surface area contributed by atoms with Gasteiger partial charge in [-0.3, -0.25) is 4.79 Å². The van der Waals surface area contributed by atoms with E-state index in [-0.39, 0.29) is 11.9 Å². The van der Waals surface area contributed by atoms with Crippen LogP contribution in [0.1, 0.15) is 28.9 Å². The summed E-state index contributed by atoms with van der Waals surface area (Å²) in [7, 11) is 0. The van der Waals surface area contributed by atoms with E-state index in [2.05, 4.69) is 44.2 Å². The van der Waals surface area contributed by atoms with Crippen molar-refractivity contribution in [3.05, 3.63) is 78.2 Å². The van der Waals surface area contributed by atoms with Gasteiger partial charge in [0.1, 0.15) is 5.82 Å². The van der Waals surface area contributed by atoms with Crippen LogP contribution in [0.15, 0.2) is 67.1 Å². The van der Waals surface area contributed by atoms with Crippen molar-refractivity contribution >= 4 is 17.7 Å². The Bertz CT molecular complexity index is 925. The summed E-state index contributed by atoms with van der Waals surface area (Å²) in [5.74, 6) is 1.43. The number of carbonyl (C=O) groups excluding carboxylic acids is 1. The molecule has 1 N–H and O–H groups in total. The zero-order valence-corrected chi connectivity index (χ0v) is 16.4. The van der Waals surface area contributed by atoms with E-state index in [1.807, 2.05) is 41.3 Å². The fourth-order valence-corrected chi connectivity index (χ4v) is 3.39. The van der Waals surface area contributed by atoms with Crippen molar-refractivity contribution < 1.29 is 4.79 Å². The summed E-state index contributed by atoms with van der Waals surface area (Å²) in [6.45, 7) is 4.88. The van der Waals surface area contributed by atoms with Crippen molar-refractivity contribution in [3.63, 3.8) is 0 Å². The largest absolute Gasteiger partial charge is 0.353 e. The molecule has 1 saturated heterocycles. The lowest BCUT2D eigenvalue weighted by molar-refractivity contribution is 0.0745. The fraction of sp³-hybridized carbons (Fsp3) is 0.273. The standard InChI is InChI=1S/C22H24N6O/c1-17(18-7-3-2-4-8-18)26-22-24-15-19(16-25-22)21(29)28-13-11-27(12-14-28)20-9-5-6-10-23-20/h2-10,15-17H,11-14H2,1H3,(H,24,25,26). The first-order chi connectivity index (χ1) is 14.2. The maximum Gasteiger partial charge on any atom is 0.257 e. The van der Waals surface area contributed by atoms with Gasteiger partial charge in [-0.2, -0.15) is 0 Å². The lowest BCUT2D eigenvalue weighted by Crippen LogP contribution is -2.49. The average molecular weight is 388 g/mol. The van der Waals surface area contributed by atoms with Crippen molar-refractivity contribution in [1.82, 2.24) is 19.9 Å². The van der Waals surface area contributed by atoms with Crippen LogP contribution in [-0.2, 0) is 0 Å². The molecular formula is C22H24N6O. The van der Waals surface area contributed by atoms with Crippen LogP contribution < -0.4 is 10.2 Å². The second-order valence-electron chi connectivity index (χ2n) is 7.04. The van der Waals surface area contributed by atoms with Gasteiger partial charge in [0.25, 0.3) is 5.91 Å². The molecule has 0 bridgehead atoms. The van der Waals surface area contributed by atoms with Gasteiger partial charge in [-0.05, 0) is 24.6 Å². The van der Waals surface area contributed by atoms with Crippen LogP contribution in [0.3, 0.4) is 0 Å². The normalized spacial score (nSPS) is 15.1. The number of pyridine rings is 1. The van der Waals surface area contributed by atoms with Crippen LogP contribution in [0, 0.1) is 0 Å². The highest BCUT2D eigenvalue weighted by molar-refractivity contribution is 5.93.